The van der Waals surface area contributed by atoms with Crippen LogP contribution in [0.4, 0.5) is 11.4 Å². The van der Waals surface area contributed by atoms with E-state index in [4.69, 9.17) is 4.99 Å². The Balaban J connectivity index is 1.45. The maximum absolute atomic E-state index is 13.3. The van der Waals surface area contributed by atoms with Gasteiger partial charge in [-0.2, -0.15) is 5.10 Å². The molecule has 3 aromatic rings. The molecular weight excluding hydrogens is 536 g/mol. The summed E-state index contributed by atoms with van der Waals surface area (Å²) in [5.74, 6) is -0.292. The first-order valence-electron chi connectivity index (χ1n) is 11.0. The Hall–Kier alpha value is -2.50. The fourth-order valence-corrected chi connectivity index (χ4v) is 5.71. The summed E-state index contributed by atoms with van der Waals surface area (Å²) in [7, 11) is 0. The lowest BCUT2D eigenvalue weighted by Crippen LogP contribution is -2.34. The standard InChI is InChI=1S/C23H25BrN6O2S2/c1-3-29-13-18(12-25-29)28-23-30(10-4-5-21-26-15(2)14-33-21)22(32)19(34-23)11-20(31)27-17-8-6-16(24)7-9-17/h6-9,12-14,19H,3-5,10-11H2,1-2H3,(H,27,31). The van der Waals surface area contributed by atoms with E-state index in [-0.39, 0.29) is 18.2 Å². The average molecular weight is 562 g/mol. The number of nitrogens with zero attached hydrogens (tertiary/aromatic N) is 5. The van der Waals surface area contributed by atoms with Crippen molar-refractivity contribution in [3.8, 4) is 0 Å². The second kappa shape index (κ2) is 11.3. The van der Waals surface area contributed by atoms with E-state index in [1.807, 2.05) is 49.7 Å². The van der Waals surface area contributed by atoms with Gasteiger partial charge in [-0.1, -0.05) is 27.7 Å². The molecule has 2 aromatic heterocycles. The van der Waals surface area contributed by atoms with Gasteiger partial charge in [-0.15, -0.1) is 11.3 Å². The predicted molar refractivity (Wildman–Crippen MR) is 141 cm³/mol. The van der Waals surface area contributed by atoms with Crippen molar-refractivity contribution in [3.05, 3.63) is 57.2 Å². The second-order valence-corrected chi connectivity index (χ2v) is 10.8. The number of benzene rings is 1. The number of thiazole rings is 1. The number of aliphatic imine (C=N–C) groups is 1. The summed E-state index contributed by atoms with van der Waals surface area (Å²) >= 11 is 6.36. The number of halogens is 1. The summed E-state index contributed by atoms with van der Waals surface area (Å²) in [5, 5.41) is 10.3. The summed E-state index contributed by atoms with van der Waals surface area (Å²) in [6.07, 6.45) is 5.18. The summed E-state index contributed by atoms with van der Waals surface area (Å²) in [6, 6.07) is 7.35. The van der Waals surface area contributed by atoms with Crippen LogP contribution in [0.5, 0.6) is 0 Å². The Labute approximate surface area is 215 Å². The number of anilines is 1. The Bertz CT molecular complexity index is 1190. The highest BCUT2D eigenvalue weighted by Gasteiger charge is 2.39. The number of nitrogens with one attached hydrogen (secondary N) is 1. The van der Waals surface area contributed by atoms with E-state index >= 15 is 0 Å². The van der Waals surface area contributed by atoms with Crippen molar-refractivity contribution in [3.63, 3.8) is 0 Å². The molecule has 1 aliphatic heterocycles. The summed E-state index contributed by atoms with van der Waals surface area (Å²) in [5.41, 5.74) is 2.40. The molecule has 1 aliphatic rings. The van der Waals surface area contributed by atoms with E-state index in [1.165, 1.54) is 11.8 Å². The number of aryl methyl sites for hydroxylation is 3. The van der Waals surface area contributed by atoms with E-state index in [2.05, 4.69) is 31.3 Å². The molecule has 178 valence electrons. The van der Waals surface area contributed by atoms with Gasteiger partial charge in [0, 0.05) is 47.2 Å². The topological polar surface area (TPSA) is 92.5 Å². The molecule has 2 amide bonds. The number of amidine groups is 1. The van der Waals surface area contributed by atoms with Crippen LogP contribution in [0.1, 0.15) is 30.5 Å². The van der Waals surface area contributed by atoms with Crippen LogP contribution in [0.2, 0.25) is 0 Å². The first-order valence-corrected chi connectivity index (χ1v) is 13.5. The second-order valence-electron chi connectivity index (χ2n) is 7.79. The van der Waals surface area contributed by atoms with Crippen LogP contribution in [-0.2, 0) is 22.6 Å². The molecule has 1 N–H and O–H groups in total. The molecule has 3 heterocycles. The van der Waals surface area contributed by atoms with Crippen molar-refractivity contribution in [2.24, 2.45) is 4.99 Å². The van der Waals surface area contributed by atoms with Crippen molar-refractivity contribution in [1.82, 2.24) is 19.7 Å². The van der Waals surface area contributed by atoms with Gasteiger partial charge < -0.3 is 5.32 Å². The van der Waals surface area contributed by atoms with E-state index < -0.39 is 5.25 Å². The van der Waals surface area contributed by atoms with Crippen LogP contribution in [0.15, 0.2) is 51.5 Å². The molecule has 1 saturated heterocycles. The molecule has 1 aromatic carbocycles. The number of hydrogen-bond acceptors (Lipinski definition) is 7. The lowest BCUT2D eigenvalue weighted by Gasteiger charge is -2.16. The molecule has 4 rings (SSSR count). The fourth-order valence-electron chi connectivity index (χ4n) is 3.44. The number of thioether (sulfide) groups is 1. The predicted octanol–water partition coefficient (Wildman–Crippen LogP) is 5.02. The van der Waals surface area contributed by atoms with Gasteiger partial charge in [0.1, 0.15) is 10.9 Å². The number of rotatable bonds is 9. The molecule has 0 saturated carbocycles. The van der Waals surface area contributed by atoms with Gasteiger partial charge in [0.05, 0.1) is 17.4 Å². The molecule has 8 nitrogen and oxygen atoms in total. The molecule has 11 heteroatoms. The SMILES string of the molecule is CCn1cc(N=C2SC(CC(=O)Nc3ccc(Br)cc3)C(=O)N2CCCc2nc(C)cs2)cn1. The number of aromatic nitrogens is 3. The van der Waals surface area contributed by atoms with Crippen LogP contribution in [-0.4, -0.2) is 48.4 Å². The number of amides is 2. The molecule has 1 fully saturated rings. The Morgan fingerprint density at radius 2 is 2.09 bits per heavy atom. The molecule has 34 heavy (non-hydrogen) atoms. The van der Waals surface area contributed by atoms with Gasteiger partial charge in [0.25, 0.3) is 0 Å². The van der Waals surface area contributed by atoms with Gasteiger partial charge in [-0.05, 0) is 44.5 Å². The highest BCUT2D eigenvalue weighted by Crippen LogP contribution is 2.32. The van der Waals surface area contributed by atoms with Gasteiger partial charge in [-0.25, -0.2) is 9.98 Å². The molecule has 0 radical (unpaired) electrons. The smallest absolute Gasteiger partial charge is 0.242 e. The maximum atomic E-state index is 13.3. The van der Waals surface area contributed by atoms with E-state index in [0.717, 1.165) is 34.6 Å². The first kappa shape index (κ1) is 24.6. The van der Waals surface area contributed by atoms with E-state index in [0.29, 0.717) is 23.1 Å². The Morgan fingerprint density at radius 3 is 2.76 bits per heavy atom. The highest BCUT2D eigenvalue weighted by molar-refractivity contribution is 9.10. The molecular formula is C23H25BrN6O2S2. The molecule has 0 spiro atoms. The molecule has 0 aliphatic carbocycles. The number of hydrogen-bond donors (Lipinski definition) is 1. The largest absolute Gasteiger partial charge is 0.326 e. The van der Waals surface area contributed by atoms with Gasteiger partial charge in [0.2, 0.25) is 11.8 Å². The van der Waals surface area contributed by atoms with Crippen molar-refractivity contribution in [2.75, 3.05) is 11.9 Å². The van der Waals surface area contributed by atoms with Crippen molar-refractivity contribution < 1.29 is 9.59 Å². The molecule has 1 atom stereocenters. The Kier molecular flexibility index (Phi) is 8.17. The number of carbonyl (C=O) groups excluding carboxylic acids is 2. The van der Waals surface area contributed by atoms with Crippen molar-refractivity contribution >= 4 is 67.4 Å². The van der Waals surface area contributed by atoms with Crippen LogP contribution in [0.25, 0.3) is 0 Å². The minimum Gasteiger partial charge on any atom is -0.326 e. The van der Waals surface area contributed by atoms with Crippen molar-refractivity contribution in [1.29, 1.82) is 0 Å². The van der Waals surface area contributed by atoms with Crippen molar-refractivity contribution in [2.45, 2.75) is 44.9 Å². The normalized spacial score (nSPS) is 17.0. The lowest BCUT2D eigenvalue weighted by molar-refractivity contribution is -0.128. The molecule has 1 unspecified atom stereocenters. The van der Waals surface area contributed by atoms with Gasteiger partial charge >= 0.3 is 0 Å². The van der Waals surface area contributed by atoms with Crippen LogP contribution < -0.4 is 5.32 Å². The first-order chi connectivity index (χ1) is 16.4. The quantitative estimate of drug-likeness (QED) is 0.396. The third-order valence-electron chi connectivity index (χ3n) is 5.13. The highest BCUT2D eigenvalue weighted by atomic mass is 79.9. The molecule has 0 bridgehead atoms. The minimum absolute atomic E-state index is 0.0784. The zero-order valence-electron chi connectivity index (χ0n) is 18.9. The summed E-state index contributed by atoms with van der Waals surface area (Å²) in [6.45, 7) is 5.25. The average Bonchev–Trinajstić information content (AvgIpc) is 3.51. The lowest BCUT2D eigenvalue weighted by atomic mass is 10.2. The third-order valence-corrected chi connectivity index (χ3v) is 7.86. The summed E-state index contributed by atoms with van der Waals surface area (Å²) in [4.78, 5) is 36.8. The maximum Gasteiger partial charge on any atom is 0.242 e. The van der Waals surface area contributed by atoms with Crippen LogP contribution in [0, 0.1) is 6.92 Å². The monoisotopic (exact) mass is 560 g/mol. The summed E-state index contributed by atoms with van der Waals surface area (Å²) < 4.78 is 2.72. The minimum atomic E-state index is -0.516. The fraction of sp³-hybridized carbons (Fsp3) is 0.348. The zero-order valence-corrected chi connectivity index (χ0v) is 22.1. The van der Waals surface area contributed by atoms with Gasteiger partial charge in [0.15, 0.2) is 5.17 Å². The van der Waals surface area contributed by atoms with Gasteiger partial charge in [-0.3, -0.25) is 19.2 Å². The van der Waals surface area contributed by atoms with Crippen LogP contribution in [0.3, 0.4) is 0 Å². The third kappa shape index (κ3) is 6.34. The zero-order chi connectivity index (χ0) is 24.1. The van der Waals surface area contributed by atoms with Crippen LogP contribution >= 0.6 is 39.0 Å². The number of carbonyl (C=O) groups is 2. The van der Waals surface area contributed by atoms with E-state index in [9.17, 15) is 9.59 Å². The van der Waals surface area contributed by atoms with E-state index in [1.54, 1.807) is 27.1 Å². The Morgan fingerprint density at radius 1 is 1.29 bits per heavy atom.